The fourth-order valence-corrected chi connectivity index (χ4v) is 2.49. The highest BCUT2D eigenvalue weighted by Gasteiger charge is 2.33. The number of hydrogen-bond donors (Lipinski definition) is 3. The molecule has 0 spiro atoms. The molecule has 29 heavy (non-hydrogen) atoms. The largest absolute Gasteiger partial charge is 0.418 e. The van der Waals surface area contributed by atoms with Crippen LogP contribution in [0.3, 0.4) is 0 Å². The molecular weight excluding hydrogens is 389 g/mol. The number of carbonyl (C=O) groups excluding carboxylic acids is 3. The second-order valence-corrected chi connectivity index (χ2v) is 6.25. The molecule has 3 amide bonds. The van der Waals surface area contributed by atoms with Crippen molar-refractivity contribution in [2.75, 3.05) is 30.8 Å². The Bertz CT molecular complexity index is 898. The van der Waals surface area contributed by atoms with Crippen LogP contribution in [0.1, 0.15) is 15.9 Å². The molecule has 2 rings (SSSR count). The molecule has 0 radical (unpaired) electrons. The van der Waals surface area contributed by atoms with Crippen molar-refractivity contribution in [2.45, 2.75) is 6.18 Å². The lowest BCUT2D eigenvalue weighted by Crippen LogP contribution is -2.36. The van der Waals surface area contributed by atoms with E-state index in [0.29, 0.717) is 5.69 Å². The number of nitrogens with one attached hydrogen (secondary N) is 2. The first-order valence-corrected chi connectivity index (χ1v) is 8.40. The van der Waals surface area contributed by atoms with Gasteiger partial charge in [-0.15, -0.1) is 0 Å². The van der Waals surface area contributed by atoms with E-state index in [0.717, 1.165) is 12.1 Å². The number of rotatable bonds is 7. The summed E-state index contributed by atoms with van der Waals surface area (Å²) in [5.41, 5.74) is 4.55. The summed E-state index contributed by atoms with van der Waals surface area (Å²) >= 11 is 0. The van der Waals surface area contributed by atoms with Crippen molar-refractivity contribution < 1.29 is 27.6 Å². The van der Waals surface area contributed by atoms with Gasteiger partial charge in [0.1, 0.15) is 0 Å². The van der Waals surface area contributed by atoms with Crippen molar-refractivity contribution in [3.05, 3.63) is 59.7 Å². The molecule has 0 heterocycles. The minimum atomic E-state index is -4.60. The van der Waals surface area contributed by atoms with Gasteiger partial charge in [-0.1, -0.05) is 12.1 Å². The number of nitrogens with two attached hydrogens (primary N) is 1. The molecule has 0 fully saturated rings. The maximum atomic E-state index is 13.0. The van der Waals surface area contributed by atoms with Crippen LogP contribution in [-0.2, 0) is 15.8 Å². The number of primary amides is 1. The summed E-state index contributed by atoms with van der Waals surface area (Å²) in [6.45, 7) is -0.466. The Hall–Kier alpha value is -3.40. The molecule has 0 saturated heterocycles. The lowest BCUT2D eigenvalue weighted by molar-refractivity contribution is -0.137. The molecule has 4 N–H and O–H groups in total. The lowest BCUT2D eigenvalue weighted by Gasteiger charge is -2.17. The van der Waals surface area contributed by atoms with Gasteiger partial charge in [-0.3, -0.25) is 19.3 Å². The summed E-state index contributed by atoms with van der Waals surface area (Å²) in [6, 6.07) is 10.5. The van der Waals surface area contributed by atoms with Gasteiger partial charge in [0.25, 0.3) is 0 Å². The van der Waals surface area contributed by atoms with Crippen LogP contribution in [0.5, 0.6) is 0 Å². The minimum absolute atomic E-state index is 0.175. The van der Waals surface area contributed by atoms with E-state index in [4.69, 9.17) is 5.73 Å². The second-order valence-electron chi connectivity index (χ2n) is 6.25. The van der Waals surface area contributed by atoms with Crippen molar-refractivity contribution in [1.29, 1.82) is 0 Å². The predicted octanol–water partition coefficient (Wildman–Crippen LogP) is 2.31. The number of likely N-dealkylation sites (N-methyl/N-ethyl adjacent to an activating group) is 1. The van der Waals surface area contributed by atoms with Crippen LogP contribution in [0, 0.1) is 0 Å². The number of alkyl halides is 3. The third-order valence-corrected chi connectivity index (χ3v) is 3.79. The molecule has 0 aliphatic carbocycles. The summed E-state index contributed by atoms with van der Waals surface area (Å²) in [5, 5.41) is 4.79. The van der Waals surface area contributed by atoms with Crippen molar-refractivity contribution in [2.24, 2.45) is 5.73 Å². The predicted molar refractivity (Wildman–Crippen MR) is 101 cm³/mol. The zero-order valence-electron chi connectivity index (χ0n) is 15.4. The standard InChI is InChI=1S/C19H19F3N4O3/c1-26(10-16(27)24-13-8-6-12(7-9-13)18(23)29)11-17(28)25-15-5-3-2-4-14(15)19(20,21)22/h2-9H,10-11H2,1H3,(H2,23,29)(H,24,27)(H,25,28). The number of anilines is 2. The first kappa shape index (κ1) is 21.9. The van der Waals surface area contributed by atoms with Crippen molar-refractivity contribution in [1.82, 2.24) is 4.90 Å². The Labute approximate surface area is 164 Å². The molecule has 0 aliphatic rings. The van der Waals surface area contributed by atoms with E-state index in [-0.39, 0.29) is 24.3 Å². The highest BCUT2D eigenvalue weighted by atomic mass is 19.4. The Kier molecular flexibility index (Phi) is 6.94. The highest BCUT2D eigenvalue weighted by Crippen LogP contribution is 2.34. The van der Waals surface area contributed by atoms with Crippen LogP contribution < -0.4 is 16.4 Å². The second kappa shape index (κ2) is 9.20. The van der Waals surface area contributed by atoms with Gasteiger partial charge in [0.05, 0.1) is 24.3 Å². The summed E-state index contributed by atoms with van der Waals surface area (Å²) in [5.74, 6) is -1.73. The number of para-hydroxylation sites is 1. The number of benzene rings is 2. The van der Waals surface area contributed by atoms with Gasteiger partial charge in [-0.2, -0.15) is 13.2 Å². The summed E-state index contributed by atoms with van der Waals surface area (Å²) in [6.07, 6.45) is -4.60. The maximum Gasteiger partial charge on any atom is 0.418 e. The molecule has 0 unspecified atom stereocenters. The molecule has 0 saturated carbocycles. The monoisotopic (exact) mass is 408 g/mol. The SMILES string of the molecule is CN(CC(=O)Nc1ccc(C(N)=O)cc1)CC(=O)Nc1ccccc1C(F)(F)F. The third kappa shape index (κ3) is 6.61. The average Bonchev–Trinajstić information content (AvgIpc) is 2.61. The van der Waals surface area contributed by atoms with E-state index in [2.05, 4.69) is 10.6 Å². The fraction of sp³-hybridized carbons (Fsp3) is 0.211. The number of amides is 3. The maximum absolute atomic E-state index is 13.0. The minimum Gasteiger partial charge on any atom is -0.366 e. The Morgan fingerprint density at radius 2 is 1.48 bits per heavy atom. The number of carbonyl (C=O) groups is 3. The van der Waals surface area contributed by atoms with Gasteiger partial charge < -0.3 is 16.4 Å². The lowest BCUT2D eigenvalue weighted by atomic mass is 10.1. The van der Waals surface area contributed by atoms with E-state index >= 15 is 0 Å². The summed E-state index contributed by atoms with van der Waals surface area (Å²) < 4.78 is 38.9. The molecule has 0 bridgehead atoms. The normalized spacial score (nSPS) is 11.2. The molecule has 7 nitrogen and oxygen atoms in total. The van der Waals surface area contributed by atoms with Gasteiger partial charge in [0, 0.05) is 11.3 Å². The molecular formula is C19H19F3N4O3. The van der Waals surface area contributed by atoms with E-state index in [9.17, 15) is 27.6 Å². The summed E-state index contributed by atoms with van der Waals surface area (Å²) in [7, 11) is 1.48. The van der Waals surface area contributed by atoms with E-state index in [1.807, 2.05) is 0 Å². The topological polar surface area (TPSA) is 105 Å². The number of halogens is 3. The first-order chi connectivity index (χ1) is 13.6. The first-order valence-electron chi connectivity index (χ1n) is 8.40. The van der Waals surface area contributed by atoms with Crippen molar-refractivity contribution in [3.8, 4) is 0 Å². The molecule has 2 aromatic rings. The van der Waals surface area contributed by atoms with E-state index in [1.54, 1.807) is 0 Å². The Balaban J connectivity index is 1.88. The van der Waals surface area contributed by atoms with Crippen LogP contribution in [0.25, 0.3) is 0 Å². The molecule has 10 heteroatoms. The highest BCUT2D eigenvalue weighted by molar-refractivity contribution is 5.96. The van der Waals surface area contributed by atoms with Gasteiger partial charge in [0.2, 0.25) is 17.7 Å². The van der Waals surface area contributed by atoms with Gasteiger partial charge in [-0.05, 0) is 43.4 Å². The van der Waals surface area contributed by atoms with Gasteiger partial charge in [0.15, 0.2) is 0 Å². The van der Waals surface area contributed by atoms with E-state index in [1.165, 1.54) is 48.3 Å². The average molecular weight is 408 g/mol. The van der Waals surface area contributed by atoms with Crippen LogP contribution in [-0.4, -0.2) is 42.8 Å². The van der Waals surface area contributed by atoms with Gasteiger partial charge in [-0.25, -0.2) is 0 Å². The Morgan fingerprint density at radius 3 is 2.03 bits per heavy atom. The molecule has 0 aromatic heterocycles. The van der Waals surface area contributed by atoms with Gasteiger partial charge >= 0.3 is 6.18 Å². The fourth-order valence-electron chi connectivity index (χ4n) is 2.49. The molecule has 2 aromatic carbocycles. The quantitative estimate of drug-likeness (QED) is 0.654. The molecule has 0 aliphatic heterocycles. The number of hydrogen-bond acceptors (Lipinski definition) is 4. The van der Waals surface area contributed by atoms with Crippen LogP contribution in [0.4, 0.5) is 24.5 Å². The third-order valence-electron chi connectivity index (χ3n) is 3.79. The van der Waals surface area contributed by atoms with E-state index < -0.39 is 29.5 Å². The van der Waals surface area contributed by atoms with Crippen LogP contribution >= 0.6 is 0 Å². The van der Waals surface area contributed by atoms with Crippen LogP contribution in [0.15, 0.2) is 48.5 Å². The zero-order chi connectivity index (χ0) is 21.6. The zero-order valence-corrected chi connectivity index (χ0v) is 15.4. The molecule has 0 atom stereocenters. The smallest absolute Gasteiger partial charge is 0.366 e. The van der Waals surface area contributed by atoms with Crippen molar-refractivity contribution >= 4 is 29.1 Å². The Morgan fingerprint density at radius 1 is 0.931 bits per heavy atom. The van der Waals surface area contributed by atoms with Crippen molar-refractivity contribution in [3.63, 3.8) is 0 Å². The summed E-state index contributed by atoms with van der Waals surface area (Å²) in [4.78, 5) is 36.5. The number of nitrogens with zero attached hydrogens (tertiary/aromatic N) is 1. The molecule has 154 valence electrons. The van der Waals surface area contributed by atoms with Crippen LogP contribution in [0.2, 0.25) is 0 Å².